The highest BCUT2D eigenvalue weighted by Crippen LogP contribution is 2.47. The third-order valence-electron chi connectivity index (χ3n) is 4.25. The molecule has 1 aliphatic rings. The van der Waals surface area contributed by atoms with Crippen molar-refractivity contribution >= 4 is 17.3 Å². The van der Waals surface area contributed by atoms with Gasteiger partial charge in [0.2, 0.25) is 0 Å². The standard InChI is InChI=1S/C16H17ClN2/c1-19(15-7-11-18-12-8-15)16(9-2-10-16)13-3-5-14(17)6-4-13/h3-8,11-12H,2,9-10H2,1H3. The van der Waals surface area contributed by atoms with E-state index in [0.29, 0.717) is 0 Å². The van der Waals surface area contributed by atoms with Crippen LogP contribution in [0.3, 0.4) is 0 Å². The van der Waals surface area contributed by atoms with Crippen LogP contribution in [0.2, 0.25) is 5.02 Å². The monoisotopic (exact) mass is 272 g/mol. The summed E-state index contributed by atoms with van der Waals surface area (Å²) in [7, 11) is 2.17. The fourth-order valence-electron chi connectivity index (χ4n) is 2.90. The first kappa shape index (κ1) is 12.5. The van der Waals surface area contributed by atoms with Crippen LogP contribution in [0.1, 0.15) is 24.8 Å². The van der Waals surface area contributed by atoms with E-state index in [0.717, 1.165) is 5.02 Å². The number of halogens is 1. The fraction of sp³-hybridized carbons (Fsp3) is 0.312. The summed E-state index contributed by atoms with van der Waals surface area (Å²) in [5.41, 5.74) is 2.68. The summed E-state index contributed by atoms with van der Waals surface area (Å²) in [6, 6.07) is 12.4. The molecule has 2 nitrogen and oxygen atoms in total. The van der Waals surface area contributed by atoms with Gasteiger partial charge in [-0.25, -0.2) is 0 Å². The molecule has 1 heterocycles. The molecule has 98 valence electrons. The van der Waals surface area contributed by atoms with Gasteiger partial charge in [-0.05, 0) is 49.1 Å². The second kappa shape index (κ2) is 4.86. The van der Waals surface area contributed by atoms with E-state index in [-0.39, 0.29) is 5.54 Å². The second-order valence-electron chi connectivity index (χ2n) is 5.16. The van der Waals surface area contributed by atoms with Crippen molar-refractivity contribution in [3.05, 3.63) is 59.4 Å². The molecule has 0 spiro atoms. The zero-order valence-corrected chi connectivity index (χ0v) is 11.8. The molecule has 0 aliphatic heterocycles. The molecule has 0 atom stereocenters. The number of hydrogen-bond acceptors (Lipinski definition) is 2. The van der Waals surface area contributed by atoms with Crippen LogP contribution in [-0.2, 0) is 5.54 Å². The van der Waals surface area contributed by atoms with Crippen LogP contribution < -0.4 is 4.90 Å². The molecule has 3 rings (SSSR count). The number of hydrogen-bond donors (Lipinski definition) is 0. The smallest absolute Gasteiger partial charge is 0.0650 e. The van der Waals surface area contributed by atoms with Crippen LogP contribution in [0.15, 0.2) is 48.8 Å². The van der Waals surface area contributed by atoms with E-state index < -0.39 is 0 Å². The van der Waals surface area contributed by atoms with Crippen LogP contribution in [-0.4, -0.2) is 12.0 Å². The molecule has 0 amide bonds. The SMILES string of the molecule is CN(c1ccncc1)C1(c2ccc(Cl)cc2)CCC1. The van der Waals surface area contributed by atoms with Crippen LogP contribution >= 0.6 is 11.6 Å². The Kier molecular flexibility index (Phi) is 3.19. The highest BCUT2D eigenvalue weighted by molar-refractivity contribution is 6.30. The summed E-state index contributed by atoms with van der Waals surface area (Å²) in [6.45, 7) is 0. The highest BCUT2D eigenvalue weighted by Gasteiger charge is 2.42. The van der Waals surface area contributed by atoms with E-state index in [1.54, 1.807) is 0 Å². The number of anilines is 1. The van der Waals surface area contributed by atoms with Gasteiger partial charge in [0.1, 0.15) is 0 Å². The molecule has 3 heteroatoms. The zero-order chi connectivity index (χ0) is 13.3. The summed E-state index contributed by atoms with van der Waals surface area (Å²) >= 11 is 6.00. The summed E-state index contributed by atoms with van der Waals surface area (Å²) in [6.07, 6.45) is 7.35. The molecule has 1 aromatic heterocycles. The van der Waals surface area contributed by atoms with Gasteiger partial charge < -0.3 is 4.90 Å². The topological polar surface area (TPSA) is 16.1 Å². The summed E-state index contributed by atoms with van der Waals surface area (Å²) in [4.78, 5) is 6.47. The predicted molar refractivity (Wildman–Crippen MR) is 79.6 cm³/mol. The molecule has 0 bridgehead atoms. The Morgan fingerprint density at radius 1 is 1.05 bits per heavy atom. The average molecular weight is 273 g/mol. The summed E-state index contributed by atoms with van der Waals surface area (Å²) < 4.78 is 0. The summed E-state index contributed by atoms with van der Waals surface area (Å²) in [5, 5.41) is 0.796. The lowest BCUT2D eigenvalue weighted by Gasteiger charge is -2.50. The number of aromatic nitrogens is 1. The van der Waals surface area contributed by atoms with Gasteiger partial charge >= 0.3 is 0 Å². The van der Waals surface area contributed by atoms with E-state index in [2.05, 4.69) is 41.2 Å². The Morgan fingerprint density at radius 3 is 2.21 bits per heavy atom. The summed E-state index contributed by atoms with van der Waals surface area (Å²) in [5.74, 6) is 0. The maximum atomic E-state index is 6.00. The minimum atomic E-state index is 0.117. The van der Waals surface area contributed by atoms with Gasteiger partial charge in [0.15, 0.2) is 0 Å². The third kappa shape index (κ3) is 2.10. The third-order valence-corrected chi connectivity index (χ3v) is 4.51. The van der Waals surface area contributed by atoms with Crippen LogP contribution in [0.25, 0.3) is 0 Å². The normalized spacial score (nSPS) is 16.7. The van der Waals surface area contributed by atoms with E-state index in [4.69, 9.17) is 11.6 Å². The van der Waals surface area contributed by atoms with Crippen LogP contribution in [0.4, 0.5) is 5.69 Å². The van der Waals surface area contributed by atoms with Gasteiger partial charge in [-0.1, -0.05) is 23.7 Å². The number of rotatable bonds is 3. The van der Waals surface area contributed by atoms with Crippen molar-refractivity contribution in [2.75, 3.05) is 11.9 Å². The molecule has 1 aromatic carbocycles. The van der Waals surface area contributed by atoms with Crippen molar-refractivity contribution in [2.24, 2.45) is 0 Å². The van der Waals surface area contributed by atoms with Gasteiger partial charge in [0, 0.05) is 30.2 Å². The first-order valence-corrected chi connectivity index (χ1v) is 7.00. The second-order valence-corrected chi connectivity index (χ2v) is 5.59. The lowest BCUT2D eigenvalue weighted by atomic mass is 9.70. The van der Waals surface area contributed by atoms with E-state index in [1.165, 1.54) is 30.5 Å². The maximum absolute atomic E-state index is 6.00. The Bertz CT molecular complexity index is 547. The van der Waals surface area contributed by atoms with Gasteiger partial charge in [-0.2, -0.15) is 0 Å². The molecule has 1 aliphatic carbocycles. The van der Waals surface area contributed by atoms with E-state index >= 15 is 0 Å². The quantitative estimate of drug-likeness (QED) is 0.830. The molecule has 2 aromatic rings. The fourth-order valence-corrected chi connectivity index (χ4v) is 3.03. The molecule has 0 N–H and O–H groups in total. The molecule has 0 saturated heterocycles. The van der Waals surface area contributed by atoms with Crippen molar-refractivity contribution in [3.8, 4) is 0 Å². The highest BCUT2D eigenvalue weighted by atomic mass is 35.5. The lowest BCUT2D eigenvalue weighted by molar-refractivity contribution is 0.241. The molecular weight excluding hydrogens is 256 g/mol. The molecule has 0 unspecified atom stereocenters. The first-order valence-electron chi connectivity index (χ1n) is 6.62. The van der Waals surface area contributed by atoms with Crippen molar-refractivity contribution in [1.82, 2.24) is 4.98 Å². The van der Waals surface area contributed by atoms with Gasteiger partial charge in [-0.3, -0.25) is 4.98 Å². The van der Waals surface area contributed by atoms with Crippen LogP contribution in [0.5, 0.6) is 0 Å². The van der Waals surface area contributed by atoms with E-state index in [9.17, 15) is 0 Å². The number of benzene rings is 1. The molecule has 19 heavy (non-hydrogen) atoms. The van der Waals surface area contributed by atoms with Crippen molar-refractivity contribution in [1.29, 1.82) is 0 Å². The minimum absolute atomic E-state index is 0.117. The minimum Gasteiger partial charge on any atom is -0.365 e. The molecule has 0 radical (unpaired) electrons. The van der Waals surface area contributed by atoms with Gasteiger partial charge in [0.25, 0.3) is 0 Å². The largest absolute Gasteiger partial charge is 0.365 e. The van der Waals surface area contributed by atoms with Crippen molar-refractivity contribution < 1.29 is 0 Å². The molecular formula is C16H17ClN2. The zero-order valence-electron chi connectivity index (χ0n) is 11.0. The lowest BCUT2D eigenvalue weighted by Crippen LogP contribution is -2.49. The Morgan fingerprint density at radius 2 is 1.68 bits per heavy atom. The average Bonchev–Trinajstić information content (AvgIpc) is 2.40. The van der Waals surface area contributed by atoms with Gasteiger partial charge in [-0.15, -0.1) is 0 Å². The molecule has 1 saturated carbocycles. The van der Waals surface area contributed by atoms with Crippen molar-refractivity contribution in [3.63, 3.8) is 0 Å². The van der Waals surface area contributed by atoms with Gasteiger partial charge in [0.05, 0.1) is 5.54 Å². The Hall–Kier alpha value is -1.54. The van der Waals surface area contributed by atoms with Crippen molar-refractivity contribution in [2.45, 2.75) is 24.8 Å². The predicted octanol–water partition coefficient (Wildman–Crippen LogP) is 4.25. The van der Waals surface area contributed by atoms with Crippen LogP contribution in [0, 0.1) is 0 Å². The first-order chi connectivity index (χ1) is 9.22. The Balaban J connectivity index is 1.97. The van der Waals surface area contributed by atoms with E-state index in [1.807, 2.05) is 24.5 Å². The number of pyridine rings is 1. The number of nitrogens with zero attached hydrogens (tertiary/aromatic N) is 2. The maximum Gasteiger partial charge on any atom is 0.0650 e. The molecule has 1 fully saturated rings. The Labute approximate surface area is 119 Å².